The lowest BCUT2D eigenvalue weighted by Crippen LogP contribution is -2.15. The van der Waals surface area contributed by atoms with E-state index in [0.29, 0.717) is 5.92 Å². The number of rotatable bonds is 2. The van der Waals surface area contributed by atoms with Crippen LogP contribution >= 0.6 is 0 Å². The largest absolute Gasteiger partial charge is 0.308 e. The summed E-state index contributed by atoms with van der Waals surface area (Å²) in [5.74, 6) is 7.26. The van der Waals surface area contributed by atoms with Gasteiger partial charge in [-0.05, 0) is 32.1 Å². The van der Waals surface area contributed by atoms with Crippen LogP contribution in [0.1, 0.15) is 55.0 Å². The molecule has 100 valence electrons. The average molecular weight is 257 g/mol. The molecule has 2 heterocycles. The normalized spacial score (nSPS) is 19.2. The summed E-state index contributed by atoms with van der Waals surface area (Å²) >= 11 is 0. The van der Waals surface area contributed by atoms with E-state index in [4.69, 9.17) is 15.9 Å². The lowest BCUT2D eigenvalue weighted by atomic mass is 10.1. The van der Waals surface area contributed by atoms with E-state index in [-0.39, 0.29) is 0 Å². The molecule has 5 nitrogen and oxygen atoms in total. The first-order valence-corrected chi connectivity index (χ1v) is 7.25. The summed E-state index contributed by atoms with van der Waals surface area (Å²) in [6.45, 7) is 0. The molecule has 0 unspecified atom stereocenters. The summed E-state index contributed by atoms with van der Waals surface area (Å²) in [6, 6.07) is 2.15. The summed E-state index contributed by atoms with van der Waals surface area (Å²) in [6.07, 6.45) is 8.44. The van der Waals surface area contributed by atoms with Gasteiger partial charge in [-0.2, -0.15) is 9.61 Å². The maximum Gasteiger partial charge on any atom is 0.157 e. The molecule has 0 atom stereocenters. The molecule has 0 spiro atoms. The van der Waals surface area contributed by atoms with E-state index >= 15 is 0 Å². The van der Waals surface area contributed by atoms with Gasteiger partial charge in [0.2, 0.25) is 0 Å². The molecule has 0 aromatic carbocycles. The van der Waals surface area contributed by atoms with E-state index in [2.05, 4.69) is 11.5 Å². The van der Waals surface area contributed by atoms with Crippen molar-refractivity contribution in [3.8, 4) is 0 Å². The first kappa shape index (κ1) is 11.2. The number of hydrazine groups is 1. The molecule has 0 aliphatic heterocycles. The van der Waals surface area contributed by atoms with Crippen LogP contribution in [0.4, 0.5) is 5.82 Å². The number of fused-ring (bicyclic) bond motifs is 2. The topological polar surface area (TPSA) is 68.2 Å². The van der Waals surface area contributed by atoms with Crippen LogP contribution in [-0.2, 0) is 12.8 Å². The minimum absolute atomic E-state index is 0.613. The molecule has 5 heteroatoms. The van der Waals surface area contributed by atoms with Gasteiger partial charge in [-0.1, -0.05) is 12.8 Å². The molecule has 3 N–H and O–H groups in total. The first-order chi connectivity index (χ1) is 9.36. The minimum Gasteiger partial charge on any atom is -0.308 e. The molecule has 2 aromatic heterocycles. The Labute approximate surface area is 112 Å². The maximum absolute atomic E-state index is 5.71. The summed E-state index contributed by atoms with van der Waals surface area (Å²) in [5, 5.41) is 4.75. The highest BCUT2D eigenvalue weighted by atomic mass is 15.4. The van der Waals surface area contributed by atoms with Crippen LogP contribution in [0.25, 0.3) is 5.65 Å². The number of nitrogens with one attached hydrogen (secondary N) is 1. The van der Waals surface area contributed by atoms with E-state index in [1.807, 2.05) is 4.52 Å². The van der Waals surface area contributed by atoms with Crippen LogP contribution in [0, 0.1) is 0 Å². The molecular formula is C14H19N5. The second-order valence-electron chi connectivity index (χ2n) is 5.70. The second-order valence-corrected chi connectivity index (χ2v) is 5.70. The lowest BCUT2D eigenvalue weighted by Gasteiger charge is -2.09. The number of hydrogen-bond donors (Lipinski definition) is 2. The van der Waals surface area contributed by atoms with Gasteiger partial charge in [0, 0.05) is 23.2 Å². The van der Waals surface area contributed by atoms with Crippen molar-refractivity contribution in [1.82, 2.24) is 14.6 Å². The Morgan fingerprint density at radius 1 is 1.21 bits per heavy atom. The van der Waals surface area contributed by atoms with E-state index < -0.39 is 0 Å². The molecule has 2 aliphatic rings. The van der Waals surface area contributed by atoms with Crippen molar-refractivity contribution in [2.45, 2.75) is 50.9 Å². The van der Waals surface area contributed by atoms with Crippen LogP contribution in [-0.4, -0.2) is 14.6 Å². The number of hydrogen-bond acceptors (Lipinski definition) is 4. The monoisotopic (exact) mass is 257 g/mol. The van der Waals surface area contributed by atoms with Crippen molar-refractivity contribution in [2.24, 2.45) is 5.84 Å². The lowest BCUT2D eigenvalue weighted by molar-refractivity contribution is 0.684. The summed E-state index contributed by atoms with van der Waals surface area (Å²) in [5.41, 5.74) is 7.40. The van der Waals surface area contributed by atoms with Gasteiger partial charge in [0.1, 0.15) is 5.82 Å². The molecule has 2 aromatic rings. The number of nitrogens with two attached hydrogens (primary N) is 1. The molecule has 2 aliphatic carbocycles. The van der Waals surface area contributed by atoms with Gasteiger partial charge in [-0.25, -0.2) is 10.8 Å². The third kappa shape index (κ3) is 1.64. The Bertz CT molecular complexity index is 624. The maximum atomic E-state index is 5.71. The predicted molar refractivity (Wildman–Crippen MR) is 74.0 cm³/mol. The third-order valence-corrected chi connectivity index (χ3v) is 4.56. The van der Waals surface area contributed by atoms with Gasteiger partial charge in [-0.3, -0.25) is 0 Å². The molecule has 19 heavy (non-hydrogen) atoms. The fourth-order valence-electron chi connectivity index (χ4n) is 3.57. The Balaban J connectivity index is 1.88. The van der Waals surface area contributed by atoms with Gasteiger partial charge in [0.25, 0.3) is 0 Å². The zero-order valence-corrected chi connectivity index (χ0v) is 11.0. The standard InChI is InChI=1S/C14H19N5/c15-17-14-10-6-3-7-11(10)16-13-8-12(18-19(13)14)9-4-1-2-5-9/h8-9,17H,1-7,15H2. The van der Waals surface area contributed by atoms with Crippen molar-refractivity contribution < 1.29 is 0 Å². The smallest absolute Gasteiger partial charge is 0.157 e. The molecule has 4 rings (SSSR count). The molecular weight excluding hydrogens is 238 g/mol. The molecule has 1 saturated carbocycles. The van der Waals surface area contributed by atoms with Gasteiger partial charge in [0.05, 0.1) is 5.69 Å². The third-order valence-electron chi connectivity index (χ3n) is 4.56. The molecule has 0 bridgehead atoms. The molecule has 0 radical (unpaired) electrons. The van der Waals surface area contributed by atoms with Crippen LogP contribution < -0.4 is 11.3 Å². The Morgan fingerprint density at radius 2 is 2.05 bits per heavy atom. The minimum atomic E-state index is 0.613. The van der Waals surface area contributed by atoms with Crippen molar-refractivity contribution in [1.29, 1.82) is 0 Å². The summed E-state index contributed by atoms with van der Waals surface area (Å²) in [4.78, 5) is 4.76. The Kier molecular flexibility index (Phi) is 2.48. The van der Waals surface area contributed by atoms with Crippen LogP contribution in [0.15, 0.2) is 6.07 Å². The fraction of sp³-hybridized carbons (Fsp3) is 0.571. The van der Waals surface area contributed by atoms with Crippen LogP contribution in [0.3, 0.4) is 0 Å². The zero-order chi connectivity index (χ0) is 12.8. The first-order valence-electron chi connectivity index (χ1n) is 7.25. The van der Waals surface area contributed by atoms with Crippen LogP contribution in [0.2, 0.25) is 0 Å². The average Bonchev–Trinajstić information content (AvgIpc) is 3.13. The van der Waals surface area contributed by atoms with Crippen molar-refractivity contribution in [3.05, 3.63) is 23.0 Å². The van der Waals surface area contributed by atoms with Crippen molar-refractivity contribution in [2.75, 3.05) is 5.43 Å². The van der Waals surface area contributed by atoms with E-state index in [0.717, 1.165) is 24.3 Å². The fourth-order valence-corrected chi connectivity index (χ4v) is 3.57. The van der Waals surface area contributed by atoms with Crippen LogP contribution in [0.5, 0.6) is 0 Å². The zero-order valence-electron chi connectivity index (χ0n) is 11.0. The summed E-state index contributed by atoms with van der Waals surface area (Å²) in [7, 11) is 0. The highest BCUT2D eigenvalue weighted by molar-refractivity contribution is 5.57. The van der Waals surface area contributed by atoms with Crippen molar-refractivity contribution in [3.63, 3.8) is 0 Å². The predicted octanol–water partition coefficient (Wildman–Crippen LogP) is 2.16. The van der Waals surface area contributed by atoms with Gasteiger partial charge in [0.15, 0.2) is 5.65 Å². The van der Waals surface area contributed by atoms with E-state index in [9.17, 15) is 0 Å². The van der Waals surface area contributed by atoms with E-state index in [1.165, 1.54) is 49.1 Å². The van der Waals surface area contributed by atoms with Crippen molar-refractivity contribution >= 4 is 11.5 Å². The van der Waals surface area contributed by atoms with Gasteiger partial charge >= 0.3 is 0 Å². The quantitative estimate of drug-likeness (QED) is 0.639. The number of nitrogens with zero attached hydrogens (tertiary/aromatic N) is 3. The number of aromatic nitrogens is 3. The van der Waals surface area contributed by atoms with Gasteiger partial charge < -0.3 is 5.43 Å². The second kappa shape index (κ2) is 4.20. The number of anilines is 1. The SMILES string of the molecule is NNc1c2c(nc3cc(C4CCCC4)nn13)CCC2. The van der Waals surface area contributed by atoms with Gasteiger partial charge in [-0.15, -0.1) is 0 Å². The summed E-state index contributed by atoms with van der Waals surface area (Å²) < 4.78 is 1.90. The number of aryl methyl sites for hydroxylation is 1. The molecule has 0 saturated heterocycles. The molecule has 1 fully saturated rings. The molecule has 0 amide bonds. The highest BCUT2D eigenvalue weighted by Crippen LogP contribution is 2.35. The number of nitrogen functional groups attached to an aromatic ring is 1. The Morgan fingerprint density at radius 3 is 2.84 bits per heavy atom. The highest BCUT2D eigenvalue weighted by Gasteiger charge is 2.24. The Hall–Kier alpha value is -1.62. The van der Waals surface area contributed by atoms with E-state index in [1.54, 1.807) is 0 Å².